The number of nitrogens with zero attached hydrogens (tertiary/aromatic N) is 3. The number of β-amino-alcohol motifs (C(OH)–C–C–N with tert-alkyl or cyclic N) is 1. The van der Waals surface area contributed by atoms with E-state index in [-0.39, 0.29) is 30.3 Å². The van der Waals surface area contributed by atoms with Crippen LogP contribution < -0.4 is 4.74 Å². The van der Waals surface area contributed by atoms with Crippen LogP contribution in [-0.4, -0.2) is 73.1 Å². The highest BCUT2D eigenvalue weighted by atomic mass is 32.2. The molecule has 1 unspecified atom stereocenters. The first-order valence-electron chi connectivity index (χ1n) is 10.0. The van der Waals surface area contributed by atoms with Crippen LogP contribution in [0.25, 0.3) is 0 Å². The lowest BCUT2D eigenvalue weighted by Crippen LogP contribution is -2.50. The van der Waals surface area contributed by atoms with E-state index in [0.29, 0.717) is 19.6 Å². The van der Waals surface area contributed by atoms with Gasteiger partial charge in [0.05, 0.1) is 9.82 Å². The van der Waals surface area contributed by atoms with E-state index >= 15 is 0 Å². The summed E-state index contributed by atoms with van der Waals surface area (Å²) in [5.41, 5.74) is 1.82. The molecule has 1 aliphatic rings. The number of piperazine rings is 1. The third kappa shape index (κ3) is 5.79. The van der Waals surface area contributed by atoms with Crippen LogP contribution in [0.3, 0.4) is 0 Å². The first-order chi connectivity index (χ1) is 14.7. The predicted molar refractivity (Wildman–Crippen MR) is 116 cm³/mol. The van der Waals surface area contributed by atoms with Gasteiger partial charge in [0, 0.05) is 44.9 Å². The number of hydrogen-bond donors (Lipinski definition) is 1. The average Bonchev–Trinajstić information content (AvgIpc) is 2.75. The maximum Gasteiger partial charge on any atom is 0.270 e. The molecular weight excluding hydrogens is 422 g/mol. The molecule has 0 aliphatic carbocycles. The number of benzene rings is 2. The van der Waals surface area contributed by atoms with Gasteiger partial charge >= 0.3 is 0 Å². The summed E-state index contributed by atoms with van der Waals surface area (Å²) in [5.74, 6) is 0.743. The zero-order valence-electron chi connectivity index (χ0n) is 17.6. The molecule has 31 heavy (non-hydrogen) atoms. The summed E-state index contributed by atoms with van der Waals surface area (Å²) in [6.45, 7) is 5.84. The lowest BCUT2D eigenvalue weighted by atomic mass is 10.1. The highest BCUT2D eigenvalue weighted by Gasteiger charge is 2.30. The molecule has 3 rings (SSSR count). The molecule has 1 atom stereocenters. The molecule has 2 aromatic rings. The normalized spacial score (nSPS) is 16.7. The van der Waals surface area contributed by atoms with E-state index in [9.17, 15) is 23.6 Å². The summed E-state index contributed by atoms with van der Waals surface area (Å²) in [4.78, 5) is 12.2. The van der Waals surface area contributed by atoms with Crippen LogP contribution in [0.4, 0.5) is 5.69 Å². The van der Waals surface area contributed by atoms with E-state index in [1.54, 1.807) is 0 Å². The minimum absolute atomic E-state index is 0.0860. The van der Waals surface area contributed by atoms with E-state index in [0.717, 1.165) is 22.9 Å². The molecular formula is C21H27N3O6S. The van der Waals surface area contributed by atoms with Crippen molar-refractivity contribution >= 4 is 15.7 Å². The second kappa shape index (κ2) is 9.73. The number of rotatable bonds is 8. The molecule has 9 nitrogen and oxygen atoms in total. The van der Waals surface area contributed by atoms with Gasteiger partial charge in [-0.05, 0) is 37.1 Å². The van der Waals surface area contributed by atoms with Crippen molar-refractivity contribution in [3.8, 4) is 5.75 Å². The summed E-state index contributed by atoms with van der Waals surface area (Å²) >= 11 is 0. The fraction of sp³-hybridized carbons (Fsp3) is 0.429. The van der Waals surface area contributed by atoms with Gasteiger partial charge in [-0.3, -0.25) is 15.0 Å². The van der Waals surface area contributed by atoms with Crippen LogP contribution in [0.15, 0.2) is 47.4 Å². The Kier molecular flexibility index (Phi) is 7.26. The van der Waals surface area contributed by atoms with E-state index in [1.807, 2.05) is 36.9 Å². The lowest BCUT2D eigenvalue weighted by molar-refractivity contribution is -0.385. The standard InChI is InChI=1S/C21H27N3O6S/c1-16-6-7-17(2)21(12-16)30-15-19(25)14-22-8-10-23(11-9-22)31(28,29)20-5-3-4-18(13-20)24(26)27/h3-7,12-13,19,25H,8-11,14-15H2,1-2H3. The van der Waals surface area contributed by atoms with Crippen LogP contribution in [0.2, 0.25) is 0 Å². The summed E-state index contributed by atoms with van der Waals surface area (Å²) in [5, 5.41) is 21.3. The van der Waals surface area contributed by atoms with Crippen LogP contribution in [0, 0.1) is 24.0 Å². The van der Waals surface area contributed by atoms with Crippen LogP contribution in [-0.2, 0) is 10.0 Å². The van der Waals surface area contributed by atoms with Gasteiger partial charge < -0.3 is 9.84 Å². The van der Waals surface area contributed by atoms with Crippen molar-refractivity contribution in [2.24, 2.45) is 0 Å². The van der Waals surface area contributed by atoms with Crippen molar-refractivity contribution in [2.75, 3.05) is 39.3 Å². The molecule has 0 aromatic heterocycles. The number of aliphatic hydroxyl groups is 1. The monoisotopic (exact) mass is 449 g/mol. The lowest BCUT2D eigenvalue weighted by Gasteiger charge is -2.34. The highest BCUT2D eigenvalue weighted by Crippen LogP contribution is 2.22. The van der Waals surface area contributed by atoms with E-state index in [1.165, 1.54) is 22.5 Å². The Morgan fingerprint density at radius 1 is 1.13 bits per heavy atom. The van der Waals surface area contributed by atoms with Crippen molar-refractivity contribution in [3.05, 3.63) is 63.7 Å². The molecule has 1 saturated heterocycles. The van der Waals surface area contributed by atoms with Crippen LogP contribution in [0.5, 0.6) is 5.75 Å². The maximum atomic E-state index is 12.8. The Balaban J connectivity index is 1.52. The molecule has 1 heterocycles. The van der Waals surface area contributed by atoms with Crippen molar-refractivity contribution in [1.29, 1.82) is 0 Å². The number of non-ortho nitro benzene ring substituents is 1. The van der Waals surface area contributed by atoms with Gasteiger partial charge in [0.1, 0.15) is 18.5 Å². The average molecular weight is 450 g/mol. The molecule has 1 aliphatic heterocycles. The first-order valence-corrected chi connectivity index (χ1v) is 11.5. The van der Waals surface area contributed by atoms with Gasteiger partial charge in [0.15, 0.2) is 0 Å². The van der Waals surface area contributed by atoms with Crippen LogP contribution in [0.1, 0.15) is 11.1 Å². The molecule has 1 N–H and O–H groups in total. The van der Waals surface area contributed by atoms with Crippen molar-refractivity contribution in [3.63, 3.8) is 0 Å². The molecule has 0 spiro atoms. The molecule has 0 saturated carbocycles. The van der Waals surface area contributed by atoms with Gasteiger partial charge in [-0.25, -0.2) is 8.42 Å². The topological polar surface area (TPSA) is 113 Å². The molecule has 10 heteroatoms. The largest absolute Gasteiger partial charge is 0.491 e. The number of sulfonamides is 1. The van der Waals surface area contributed by atoms with Crippen molar-refractivity contribution < 1.29 is 23.2 Å². The Hall–Kier alpha value is -2.53. The number of aliphatic hydroxyl groups excluding tert-OH is 1. The smallest absolute Gasteiger partial charge is 0.270 e. The Labute approximate surface area is 182 Å². The van der Waals surface area contributed by atoms with Crippen molar-refractivity contribution in [2.45, 2.75) is 24.8 Å². The van der Waals surface area contributed by atoms with Gasteiger partial charge in [-0.15, -0.1) is 0 Å². The number of nitro benzene ring substituents is 1. The zero-order valence-corrected chi connectivity index (χ0v) is 18.4. The van der Waals surface area contributed by atoms with Crippen molar-refractivity contribution in [1.82, 2.24) is 9.21 Å². The van der Waals surface area contributed by atoms with Gasteiger partial charge in [-0.1, -0.05) is 18.2 Å². The predicted octanol–water partition coefficient (Wildman–Crippen LogP) is 1.96. The zero-order chi connectivity index (χ0) is 22.6. The number of nitro groups is 1. The fourth-order valence-electron chi connectivity index (χ4n) is 3.46. The summed E-state index contributed by atoms with van der Waals surface area (Å²) in [7, 11) is -3.81. The molecule has 168 valence electrons. The second-order valence-corrected chi connectivity index (χ2v) is 9.63. The summed E-state index contributed by atoms with van der Waals surface area (Å²) in [6.07, 6.45) is -0.708. The molecule has 0 bridgehead atoms. The number of aryl methyl sites for hydroxylation is 2. The van der Waals surface area contributed by atoms with E-state index in [2.05, 4.69) is 0 Å². The molecule has 0 amide bonds. The molecule has 0 radical (unpaired) electrons. The quantitative estimate of drug-likeness (QED) is 0.484. The summed E-state index contributed by atoms with van der Waals surface area (Å²) in [6, 6.07) is 11.0. The number of hydrogen-bond acceptors (Lipinski definition) is 7. The van der Waals surface area contributed by atoms with Gasteiger partial charge in [-0.2, -0.15) is 4.31 Å². The highest BCUT2D eigenvalue weighted by molar-refractivity contribution is 7.89. The van der Waals surface area contributed by atoms with Gasteiger partial charge in [0.25, 0.3) is 5.69 Å². The Morgan fingerprint density at radius 3 is 2.52 bits per heavy atom. The SMILES string of the molecule is Cc1ccc(C)c(OCC(O)CN2CCN(S(=O)(=O)c3cccc([N+](=O)[O-])c3)CC2)c1. The third-order valence-corrected chi connectivity index (χ3v) is 7.14. The fourth-order valence-corrected chi connectivity index (χ4v) is 4.92. The minimum Gasteiger partial charge on any atom is -0.491 e. The van der Waals surface area contributed by atoms with E-state index < -0.39 is 21.1 Å². The molecule has 2 aromatic carbocycles. The van der Waals surface area contributed by atoms with Crippen LogP contribution >= 0.6 is 0 Å². The summed E-state index contributed by atoms with van der Waals surface area (Å²) < 4.78 is 32.7. The van der Waals surface area contributed by atoms with E-state index in [4.69, 9.17) is 4.74 Å². The molecule has 1 fully saturated rings. The number of ether oxygens (including phenoxy) is 1. The van der Waals surface area contributed by atoms with Gasteiger partial charge in [0.2, 0.25) is 10.0 Å². The first kappa shape index (κ1) is 23.1. The Morgan fingerprint density at radius 2 is 1.84 bits per heavy atom. The Bertz CT molecular complexity index is 1040. The minimum atomic E-state index is -3.81. The maximum absolute atomic E-state index is 12.8. The third-order valence-electron chi connectivity index (χ3n) is 5.24. The second-order valence-electron chi connectivity index (χ2n) is 7.69.